The third-order valence-corrected chi connectivity index (χ3v) is 5.71. The number of aryl methyl sites for hydroxylation is 1. The predicted octanol–water partition coefficient (Wildman–Crippen LogP) is 3.37. The van der Waals surface area contributed by atoms with Crippen LogP contribution in [0.15, 0.2) is 24.3 Å². The Bertz CT molecular complexity index is 824. The summed E-state index contributed by atoms with van der Waals surface area (Å²) in [5, 5.41) is 15.0. The van der Waals surface area contributed by atoms with Crippen molar-refractivity contribution in [3.05, 3.63) is 39.8 Å². The quantitative estimate of drug-likeness (QED) is 0.642. The molecule has 0 spiro atoms. The molecule has 0 radical (unpaired) electrons. The highest BCUT2D eigenvalue weighted by Gasteiger charge is 2.33. The normalized spacial score (nSPS) is 16.1. The summed E-state index contributed by atoms with van der Waals surface area (Å²) in [6, 6.07) is 7.33. The lowest BCUT2D eigenvalue weighted by molar-refractivity contribution is 0.102. The molecule has 1 saturated heterocycles. The highest BCUT2D eigenvalue weighted by atomic mass is 32.1. The number of urea groups is 1. The van der Waals surface area contributed by atoms with E-state index in [0.29, 0.717) is 42.0 Å². The second kappa shape index (κ2) is 10.3. The van der Waals surface area contributed by atoms with Crippen LogP contribution >= 0.6 is 11.3 Å². The molecule has 1 aliphatic heterocycles. The van der Waals surface area contributed by atoms with Gasteiger partial charge >= 0.3 is 6.03 Å². The smallest absolute Gasteiger partial charge is 0.317 e. The number of rotatable bonds is 8. The molecule has 2 aromatic rings. The molecule has 1 aromatic carbocycles. The Morgan fingerprint density at radius 3 is 2.83 bits per heavy atom. The van der Waals surface area contributed by atoms with Crippen molar-refractivity contribution in [1.29, 1.82) is 0 Å². The molecule has 1 aromatic heterocycles. The maximum atomic E-state index is 12.5. The maximum absolute atomic E-state index is 12.5. The number of hydrogen-bond donors (Lipinski definition) is 2. The van der Waals surface area contributed by atoms with E-state index >= 15 is 0 Å². The van der Waals surface area contributed by atoms with E-state index < -0.39 is 0 Å². The van der Waals surface area contributed by atoms with Crippen LogP contribution in [0.4, 0.5) is 10.5 Å². The van der Waals surface area contributed by atoms with E-state index in [1.165, 1.54) is 11.3 Å². The Labute approximate surface area is 174 Å². The molecule has 0 saturated carbocycles. The lowest BCUT2D eigenvalue weighted by Crippen LogP contribution is -2.40. The summed E-state index contributed by atoms with van der Waals surface area (Å²) in [5.41, 5.74) is 1.84. The number of nitrogens with one attached hydrogen (secondary N) is 2. The number of nitrogens with zero attached hydrogens (tertiary/aromatic N) is 3. The molecule has 9 heteroatoms. The van der Waals surface area contributed by atoms with Gasteiger partial charge in [-0.15, -0.1) is 10.2 Å². The van der Waals surface area contributed by atoms with Crippen LogP contribution < -0.4 is 10.6 Å². The van der Waals surface area contributed by atoms with E-state index in [-0.39, 0.29) is 18.0 Å². The fourth-order valence-corrected chi connectivity index (χ4v) is 4.05. The molecule has 2 heterocycles. The van der Waals surface area contributed by atoms with E-state index in [9.17, 15) is 9.59 Å². The van der Waals surface area contributed by atoms with E-state index in [2.05, 4.69) is 20.8 Å². The van der Waals surface area contributed by atoms with Gasteiger partial charge in [-0.05, 0) is 45.2 Å². The number of carbonyl (C=O) groups excluding carboxylic acids is 2. The first-order valence-corrected chi connectivity index (χ1v) is 10.7. The van der Waals surface area contributed by atoms with Crippen LogP contribution in [0.2, 0.25) is 0 Å². The maximum Gasteiger partial charge on any atom is 0.317 e. The molecule has 1 unspecified atom stereocenters. The zero-order valence-electron chi connectivity index (χ0n) is 16.8. The average molecular weight is 418 g/mol. The molecule has 3 amide bonds. The molecule has 0 aliphatic carbocycles. The second-order valence-corrected chi connectivity index (χ2v) is 7.91. The minimum Gasteiger partial charge on any atom is -0.382 e. The third kappa shape index (κ3) is 5.74. The number of hydrogen-bond acceptors (Lipinski definition) is 6. The van der Waals surface area contributed by atoms with Crippen molar-refractivity contribution in [1.82, 2.24) is 20.4 Å². The number of benzene rings is 1. The minimum atomic E-state index is -0.289. The molecule has 0 bridgehead atoms. The van der Waals surface area contributed by atoms with Gasteiger partial charge in [-0.25, -0.2) is 4.79 Å². The van der Waals surface area contributed by atoms with Crippen LogP contribution in [0.1, 0.15) is 52.6 Å². The summed E-state index contributed by atoms with van der Waals surface area (Å²) in [6.07, 6.45) is 2.50. The van der Waals surface area contributed by atoms with Gasteiger partial charge in [0.15, 0.2) is 0 Å². The number of likely N-dealkylation sites (tertiary alicyclic amines) is 1. The summed E-state index contributed by atoms with van der Waals surface area (Å²) in [7, 11) is 0. The number of aromatic nitrogens is 2. The van der Waals surface area contributed by atoms with Crippen molar-refractivity contribution in [2.75, 3.05) is 31.6 Å². The summed E-state index contributed by atoms with van der Waals surface area (Å²) in [4.78, 5) is 26.8. The van der Waals surface area contributed by atoms with Gasteiger partial charge < -0.3 is 20.3 Å². The van der Waals surface area contributed by atoms with Crippen molar-refractivity contribution in [2.24, 2.45) is 0 Å². The predicted molar refractivity (Wildman–Crippen MR) is 112 cm³/mol. The fourth-order valence-electron chi connectivity index (χ4n) is 3.16. The van der Waals surface area contributed by atoms with Crippen molar-refractivity contribution >= 4 is 29.0 Å². The largest absolute Gasteiger partial charge is 0.382 e. The summed E-state index contributed by atoms with van der Waals surface area (Å²) >= 11 is 1.24. The third-order valence-electron chi connectivity index (χ3n) is 4.69. The SMILES string of the molecule is CCOCCCNC(=O)N1CCCC1c1nnc(C(=O)Nc2ccc(C)cc2)s1. The Balaban J connectivity index is 1.57. The molecular formula is C20H27N5O3S. The van der Waals surface area contributed by atoms with Crippen LogP contribution in [0.25, 0.3) is 0 Å². The Kier molecular flexibility index (Phi) is 7.54. The minimum absolute atomic E-state index is 0.107. The zero-order chi connectivity index (χ0) is 20.6. The Morgan fingerprint density at radius 1 is 1.28 bits per heavy atom. The van der Waals surface area contributed by atoms with E-state index in [4.69, 9.17) is 4.74 Å². The van der Waals surface area contributed by atoms with Gasteiger partial charge in [0.05, 0.1) is 6.04 Å². The van der Waals surface area contributed by atoms with Crippen LogP contribution in [0.3, 0.4) is 0 Å². The van der Waals surface area contributed by atoms with Crippen LogP contribution in [0.5, 0.6) is 0 Å². The molecule has 1 atom stereocenters. The van der Waals surface area contributed by atoms with Crippen LogP contribution in [-0.2, 0) is 4.74 Å². The van der Waals surface area contributed by atoms with Crippen LogP contribution in [0, 0.1) is 6.92 Å². The van der Waals surface area contributed by atoms with Crippen molar-refractivity contribution < 1.29 is 14.3 Å². The van der Waals surface area contributed by atoms with Gasteiger partial charge in [0.1, 0.15) is 5.01 Å². The standard InChI is InChI=1S/C20H27N5O3S/c1-3-28-13-5-11-21-20(27)25-12-4-6-16(25)18-23-24-19(29-18)17(26)22-15-9-7-14(2)8-10-15/h7-10,16H,3-6,11-13H2,1-2H3,(H,21,27)(H,22,26). The lowest BCUT2D eigenvalue weighted by Gasteiger charge is -2.23. The van der Waals surface area contributed by atoms with Crippen molar-refractivity contribution in [2.45, 2.75) is 39.2 Å². The molecular weight excluding hydrogens is 390 g/mol. The van der Waals surface area contributed by atoms with Crippen molar-refractivity contribution in [3.8, 4) is 0 Å². The monoisotopic (exact) mass is 417 g/mol. The Morgan fingerprint density at radius 2 is 2.07 bits per heavy atom. The summed E-state index contributed by atoms with van der Waals surface area (Å²) in [5.74, 6) is -0.289. The highest BCUT2D eigenvalue weighted by molar-refractivity contribution is 7.13. The van der Waals surface area contributed by atoms with Gasteiger partial charge in [0.2, 0.25) is 5.01 Å². The number of ether oxygens (including phenoxy) is 1. The molecule has 1 aliphatic rings. The van der Waals surface area contributed by atoms with Gasteiger partial charge in [-0.2, -0.15) is 0 Å². The van der Waals surface area contributed by atoms with Crippen molar-refractivity contribution in [3.63, 3.8) is 0 Å². The average Bonchev–Trinajstić information content (AvgIpc) is 3.38. The van der Waals surface area contributed by atoms with E-state index in [0.717, 1.165) is 24.8 Å². The lowest BCUT2D eigenvalue weighted by atomic mass is 10.2. The molecule has 1 fully saturated rings. The number of carbonyl (C=O) groups is 2. The molecule has 3 rings (SSSR count). The van der Waals surface area contributed by atoms with Gasteiger partial charge in [0, 0.05) is 32.0 Å². The molecule has 29 heavy (non-hydrogen) atoms. The van der Waals surface area contributed by atoms with Gasteiger partial charge in [-0.1, -0.05) is 29.0 Å². The molecule has 8 nitrogen and oxygen atoms in total. The fraction of sp³-hybridized carbons (Fsp3) is 0.500. The van der Waals surface area contributed by atoms with Gasteiger partial charge in [0.25, 0.3) is 5.91 Å². The first kappa shape index (κ1) is 21.2. The topological polar surface area (TPSA) is 96.4 Å². The second-order valence-electron chi connectivity index (χ2n) is 6.90. The molecule has 2 N–H and O–H groups in total. The first-order valence-electron chi connectivity index (χ1n) is 9.92. The van der Waals surface area contributed by atoms with Gasteiger partial charge in [-0.3, -0.25) is 4.79 Å². The zero-order valence-corrected chi connectivity index (χ0v) is 17.6. The van der Waals surface area contributed by atoms with E-state index in [1.807, 2.05) is 38.1 Å². The first-order chi connectivity index (χ1) is 14.1. The summed E-state index contributed by atoms with van der Waals surface area (Å²) < 4.78 is 5.29. The number of anilines is 1. The van der Waals surface area contributed by atoms with Crippen LogP contribution in [-0.4, -0.2) is 53.3 Å². The van der Waals surface area contributed by atoms with E-state index in [1.54, 1.807) is 4.90 Å². The Hall–Kier alpha value is -2.52. The summed E-state index contributed by atoms with van der Waals surface area (Å²) in [6.45, 7) is 6.50. The molecule has 156 valence electrons. The highest BCUT2D eigenvalue weighted by Crippen LogP contribution is 2.33. The number of amides is 3.